The molecule has 1 heterocycles. The molecular formula is C12H11NO3S. The van der Waals surface area contributed by atoms with Crippen LogP contribution in [-0.2, 0) is 9.53 Å². The van der Waals surface area contributed by atoms with Crippen LogP contribution in [0.2, 0.25) is 0 Å². The minimum absolute atomic E-state index is 0.314. The van der Waals surface area contributed by atoms with Crippen LogP contribution in [-0.4, -0.2) is 23.3 Å². The summed E-state index contributed by atoms with van der Waals surface area (Å²) in [5.41, 5.74) is 1.59. The van der Waals surface area contributed by atoms with Gasteiger partial charge in [-0.15, -0.1) is 0 Å². The molecule has 2 rings (SSSR count). The smallest absolute Gasteiger partial charge is 0.330 e. The Labute approximate surface area is 103 Å². The molecule has 0 bridgehead atoms. The van der Waals surface area contributed by atoms with Gasteiger partial charge in [-0.3, -0.25) is 0 Å². The number of aromatic nitrogens is 1. The zero-order chi connectivity index (χ0) is 12.1. The lowest BCUT2D eigenvalue weighted by molar-refractivity contribution is -0.137. The molecule has 1 aromatic carbocycles. The monoisotopic (exact) mass is 249 g/mol. The third-order valence-electron chi connectivity index (χ3n) is 1.99. The fourth-order valence-electron chi connectivity index (χ4n) is 1.24. The summed E-state index contributed by atoms with van der Waals surface area (Å²) in [6.07, 6.45) is 1.14. The summed E-state index contributed by atoms with van der Waals surface area (Å²) in [4.78, 5) is 15.1. The molecule has 0 spiro atoms. The highest BCUT2D eigenvalue weighted by atomic mass is 32.2. The first kappa shape index (κ1) is 11.7. The molecule has 2 aromatic rings. The Morgan fingerprint density at radius 3 is 3.12 bits per heavy atom. The standard InChI is InChI=1S/C12H11NO3S/c1-2-11(14)15-7-8-17-12-13-9-5-3-4-6-10(9)16-12/h2-6H,1,7-8H2. The Bertz CT molecular complexity index is 502. The van der Waals surface area contributed by atoms with Crippen LogP contribution in [0.4, 0.5) is 0 Å². The molecule has 0 amide bonds. The summed E-state index contributed by atoms with van der Waals surface area (Å²) < 4.78 is 10.3. The van der Waals surface area contributed by atoms with Gasteiger partial charge in [-0.2, -0.15) is 0 Å². The Kier molecular flexibility index (Phi) is 3.82. The number of carbonyl (C=O) groups excluding carboxylic acids is 1. The summed E-state index contributed by atoms with van der Waals surface area (Å²) in [5, 5.41) is 0.584. The van der Waals surface area contributed by atoms with Gasteiger partial charge in [-0.25, -0.2) is 9.78 Å². The van der Waals surface area contributed by atoms with E-state index in [1.807, 2.05) is 24.3 Å². The predicted molar refractivity (Wildman–Crippen MR) is 65.9 cm³/mol. The second-order valence-electron chi connectivity index (χ2n) is 3.17. The molecule has 0 saturated heterocycles. The number of fused-ring (bicyclic) bond motifs is 1. The Morgan fingerprint density at radius 2 is 2.35 bits per heavy atom. The van der Waals surface area contributed by atoms with Gasteiger partial charge in [-0.05, 0) is 12.1 Å². The summed E-state index contributed by atoms with van der Waals surface area (Å²) >= 11 is 1.41. The van der Waals surface area contributed by atoms with Crippen molar-refractivity contribution < 1.29 is 13.9 Å². The van der Waals surface area contributed by atoms with Gasteiger partial charge in [0.1, 0.15) is 12.1 Å². The van der Waals surface area contributed by atoms with Crippen LogP contribution in [0.25, 0.3) is 11.1 Å². The highest BCUT2D eigenvalue weighted by molar-refractivity contribution is 7.99. The topological polar surface area (TPSA) is 52.3 Å². The first-order valence-corrected chi connectivity index (χ1v) is 6.06. The number of rotatable bonds is 5. The molecule has 0 saturated carbocycles. The Balaban J connectivity index is 1.87. The van der Waals surface area contributed by atoms with Crippen molar-refractivity contribution in [1.29, 1.82) is 0 Å². The van der Waals surface area contributed by atoms with Crippen molar-refractivity contribution in [3.05, 3.63) is 36.9 Å². The molecule has 4 nitrogen and oxygen atoms in total. The number of carbonyl (C=O) groups is 1. The molecule has 0 unspecified atom stereocenters. The molecule has 88 valence electrons. The van der Waals surface area contributed by atoms with Crippen molar-refractivity contribution in [2.75, 3.05) is 12.4 Å². The third kappa shape index (κ3) is 3.10. The molecule has 0 fully saturated rings. The number of hydrogen-bond acceptors (Lipinski definition) is 5. The maximum atomic E-state index is 10.8. The Hall–Kier alpha value is -1.75. The van der Waals surface area contributed by atoms with E-state index >= 15 is 0 Å². The SMILES string of the molecule is C=CC(=O)OCCSc1nc2ccccc2o1. The number of hydrogen-bond donors (Lipinski definition) is 0. The van der Waals surface area contributed by atoms with Gasteiger partial charge in [0, 0.05) is 11.8 Å². The Morgan fingerprint density at radius 1 is 1.53 bits per heavy atom. The van der Waals surface area contributed by atoms with E-state index in [0.29, 0.717) is 17.6 Å². The lowest BCUT2D eigenvalue weighted by Crippen LogP contribution is -2.03. The van der Waals surface area contributed by atoms with Gasteiger partial charge in [0.05, 0.1) is 0 Å². The molecule has 0 aliphatic carbocycles. The number of thioether (sulfide) groups is 1. The van der Waals surface area contributed by atoms with Crippen molar-refractivity contribution in [2.24, 2.45) is 0 Å². The molecule has 5 heteroatoms. The summed E-state index contributed by atoms with van der Waals surface area (Å²) in [6.45, 7) is 3.63. The largest absolute Gasteiger partial charge is 0.462 e. The minimum Gasteiger partial charge on any atom is -0.462 e. The molecule has 0 aliphatic rings. The zero-order valence-corrected chi connectivity index (χ0v) is 9.90. The lowest BCUT2D eigenvalue weighted by atomic mass is 10.3. The lowest BCUT2D eigenvalue weighted by Gasteiger charge is -1.98. The average Bonchev–Trinajstić information content (AvgIpc) is 2.76. The quantitative estimate of drug-likeness (QED) is 0.353. The van der Waals surface area contributed by atoms with E-state index in [2.05, 4.69) is 11.6 Å². The number of esters is 1. The van der Waals surface area contributed by atoms with Crippen LogP contribution < -0.4 is 0 Å². The first-order chi connectivity index (χ1) is 8.29. The number of para-hydroxylation sites is 2. The number of ether oxygens (including phenoxy) is 1. The van der Waals surface area contributed by atoms with Gasteiger partial charge in [0.15, 0.2) is 5.58 Å². The number of benzene rings is 1. The highest BCUT2D eigenvalue weighted by Crippen LogP contribution is 2.22. The fourth-order valence-corrected chi connectivity index (χ4v) is 1.90. The van der Waals surface area contributed by atoms with Crippen LogP contribution in [0.1, 0.15) is 0 Å². The van der Waals surface area contributed by atoms with Gasteiger partial charge in [0.2, 0.25) is 0 Å². The van der Waals surface area contributed by atoms with Crippen LogP contribution in [0, 0.1) is 0 Å². The minimum atomic E-state index is -0.414. The predicted octanol–water partition coefficient (Wildman–Crippen LogP) is 2.65. The van der Waals surface area contributed by atoms with E-state index in [9.17, 15) is 4.79 Å². The van der Waals surface area contributed by atoms with E-state index in [4.69, 9.17) is 9.15 Å². The van der Waals surface area contributed by atoms with Crippen LogP contribution in [0.5, 0.6) is 0 Å². The van der Waals surface area contributed by atoms with Crippen LogP contribution in [0.3, 0.4) is 0 Å². The normalized spacial score (nSPS) is 10.4. The highest BCUT2D eigenvalue weighted by Gasteiger charge is 2.05. The fraction of sp³-hybridized carbons (Fsp3) is 0.167. The van der Waals surface area contributed by atoms with Gasteiger partial charge >= 0.3 is 5.97 Å². The molecule has 0 radical (unpaired) electrons. The van der Waals surface area contributed by atoms with Crippen molar-refractivity contribution >= 4 is 28.8 Å². The van der Waals surface area contributed by atoms with Crippen molar-refractivity contribution in [3.8, 4) is 0 Å². The second kappa shape index (κ2) is 5.54. The zero-order valence-electron chi connectivity index (χ0n) is 9.09. The van der Waals surface area contributed by atoms with E-state index < -0.39 is 5.97 Å². The van der Waals surface area contributed by atoms with E-state index in [1.165, 1.54) is 11.8 Å². The van der Waals surface area contributed by atoms with Crippen molar-refractivity contribution in [3.63, 3.8) is 0 Å². The van der Waals surface area contributed by atoms with Crippen molar-refractivity contribution in [1.82, 2.24) is 4.98 Å². The van der Waals surface area contributed by atoms with Gasteiger partial charge < -0.3 is 9.15 Å². The number of nitrogens with zero attached hydrogens (tertiary/aromatic N) is 1. The third-order valence-corrected chi connectivity index (χ3v) is 2.79. The first-order valence-electron chi connectivity index (χ1n) is 5.07. The van der Waals surface area contributed by atoms with Gasteiger partial charge in [-0.1, -0.05) is 30.5 Å². The summed E-state index contributed by atoms with van der Waals surface area (Å²) in [7, 11) is 0. The van der Waals surface area contributed by atoms with Crippen LogP contribution >= 0.6 is 11.8 Å². The van der Waals surface area contributed by atoms with E-state index in [-0.39, 0.29) is 0 Å². The van der Waals surface area contributed by atoms with Crippen molar-refractivity contribution in [2.45, 2.75) is 5.22 Å². The second-order valence-corrected chi connectivity index (χ2v) is 4.21. The van der Waals surface area contributed by atoms with E-state index in [0.717, 1.165) is 17.2 Å². The molecule has 0 aliphatic heterocycles. The molecule has 1 aromatic heterocycles. The molecule has 17 heavy (non-hydrogen) atoms. The summed E-state index contributed by atoms with van der Waals surface area (Å²) in [6, 6.07) is 7.56. The molecule has 0 atom stereocenters. The maximum absolute atomic E-state index is 10.8. The molecular weight excluding hydrogens is 238 g/mol. The van der Waals surface area contributed by atoms with E-state index in [1.54, 1.807) is 0 Å². The van der Waals surface area contributed by atoms with Gasteiger partial charge in [0.25, 0.3) is 5.22 Å². The van der Waals surface area contributed by atoms with Crippen LogP contribution in [0.15, 0.2) is 46.6 Å². The summed E-state index contributed by atoms with van der Waals surface area (Å²) in [5.74, 6) is 0.190. The molecule has 0 N–H and O–H groups in total. The average molecular weight is 249 g/mol. The number of oxazole rings is 1. The maximum Gasteiger partial charge on any atom is 0.330 e.